The van der Waals surface area contributed by atoms with Crippen LogP contribution in [0.25, 0.3) is 0 Å². The number of anilines is 5. The van der Waals surface area contributed by atoms with E-state index in [4.69, 9.17) is 0 Å². The molecule has 0 radical (unpaired) electrons. The summed E-state index contributed by atoms with van der Waals surface area (Å²) in [5.74, 6) is 1.35. The first kappa shape index (κ1) is 17.7. The van der Waals surface area contributed by atoms with E-state index in [-0.39, 0.29) is 0 Å². The molecule has 26 heavy (non-hydrogen) atoms. The van der Waals surface area contributed by atoms with E-state index in [2.05, 4.69) is 63.6 Å². The van der Waals surface area contributed by atoms with Crippen molar-refractivity contribution in [3.8, 4) is 0 Å². The third-order valence-electron chi connectivity index (χ3n) is 4.27. The van der Waals surface area contributed by atoms with Gasteiger partial charge >= 0.3 is 0 Å². The molecule has 0 unspecified atom stereocenters. The van der Waals surface area contributed by atoms with Crippen LogP contribution in [0.15, 0.2) is 48.5 Å². The van der Waals surface area contributed by atoms with Gasteiger partial charge in [-0.1, -0.05) is 6.07 Å². The Balaban J connectivity index is 1.79. The lowest BCUT2D eigenvalue weighted by molar-refractivity contribution is 1.11. The predicted octanol–water partition coefficient (Wildman–Crippen LogP) is 4.96. The Morgan fingerprint density at radius 2 is 1.42 bits per heavy atom. The van der Waals surface area contributed by atoms with Gasteiger partial charge in [0.2, 0.25) is 5.95 Å². The molecule has 2 aromatic carbocycles. The number of rotatable bonds is 5. The molecule has 0 aliphatic heterocycles. The monoisotopic (exact) mass is 347 g/mol. The maximum atomic E-state index is 4.59. The highest BCUT2D eigenvalue weighted by Gasteiger charge is 2.05. The van der Waals surface area contributed by atoms with Crippen LogP contribution in [0, 0.1) is 20.8 Å². The van der Waals surface area contributed by atoms with Gasteiger partial charge in [0.25, 0.3) is 0 Å². The van der Waals surface area contributed by atoms with E-state index in [1.165, 1.54) is 11.1 Å². The molecule has 0 spiro atoms. The fraction of sp³-hybridized carbons (Fsp3) is 0.238. The Bertz CT molecular complexity index is 901. The highest BCUT2D eigenvalue weighted by molar-refractivity contribution is 5.63. The van der Waals surface area contributed by atoms with E-state index >= 15 is 0 Å². The van der Waals surface area contributed by atoms with Crippen molar-refractivity contribution >= 4 is 28.8 Å². The second kappa shape index (κ2) is 7.44. The first-order valence-corrected chi connectivity index (χ1v) is 8.65. The lowest BCUT2D eigenvalue weighted by Gasteiger charge is -2.14. The summed E-state index contributed by atoms with van der Waals surface area (Å²) in [6.07, 6.45) is 0. The quantitative estimate of drug-likeness (QED) is 0.683. The van der Waals surface area contributed by atoms with Crippen molar-refractivity contribution in [2.24, 2.45) is 0 Å². The zero-order valence-electron chi connectivity index (χ0n) is 16.0. The van der Waals surface area contributed by atoms with Crippen LogP contribution in [0.2, 0.25) is 0 Å². The van der Waals surface area contributed by atoms with Crippen molar-refractivity contribution in [2.45, 2.75) is 20.8 Å². The van der Waals surface area contributed by atoms with E-state index in [1.807, 2.05) is 45.3 Å². The summed E-state index contributed by atoms with van der Waals surface area (Å²) in [4.78, 5) is 11.2. The fourth-order valence-electron chi connectivity index (χ4n) is 2.63. The minimum Gasteiger partial charge on any atom is -0.378 e. The van der Waals surface area contributed by atoms with E-state index in [0.717, 1.165) is 28.6 Å². The summed E-state index contributed by atoms with van der Waals surface area (Å²) < 4.78 is 0. The van der Waals surface area contributed by atoms with E-state index in [9.17, 15) is 0 Å². The fourth-order valence-corrected chi connectivity index (χ4v) is 2.63. The summed E-state index contributed by atoms with van der Waals surface area (Å²) in [6, 6.07) is 16.4. The third-order valence-corrected chi connectivity index (χ3v) is 4.27. The minimum atomic E-state index is 0.584. The van der Waals surface area contributed by atoms with E-state index in [1.54, 1.807) is 0 Å². The van der Waals surface area contributed by atoms with E-state index < -0.39 is 0 Å². The molecule has 0 bridgehead atoms. The Labute approximate surface area is 155 Å². The molecule has 0 saturated heterocycles. The van der Waals surface area contributed by atoms with Gasteiger partial charge in [0, 0.05) is 42.9 Å². The zero-order valence-corrected chi connectivity index (χ0v) is 16.0. The van der Waals surface area contributed by atoms with Gasteiger partial charge in [-0.15, -0.1) is 0 Å². The van der Waals surface area contributed by atoms with Gasteiger partial charge in [-0.25, -0.2) is 4.98 Å². The second-order valence-electron chi connectivity index (χ2n) is 6.71. The molecule has 0 amide bonds. The highest BCUT2D eigenvalue weighted by atomic mass is 15.1. The average Bonchev–Trinajstić information content (AvgIpc) is 2.58. The second-order valence-corrected chi connectivity index (χ2v) is 6.71. The van der Waals surface area contributed by atoms with Crippen LogP contribution in [0.1, 0.15) is 16.8 Å². The summed E-state index contributed by atoms with van der Waals surface area (Å²) in [5.41, 5.74) is 6.54. The van der Waals surface area contributed by atoms with Crippen LogP contribution in [0.3, 0.4) is 0 Å². The Hall–Kier alpha value is -3.08. The zero-order chi connectivity index (χ0) is 18.7. The molecular formula is C21H25N5. The topological polar surface area (TPSA) is 53.1 Å². The summed E-state index contributed by atoms with van der Waals surface area (Å²) in [7, 11) is 4.06. The molecule has 1 aromatic heterocycles. The number of hydrogen-bond acceptors (Lipinski definition) is 5. The lowest BCUT2D eigenvalue weighted by atomic mass is 10.1. The molecule has 3 aromatic rings. The van der Waals surface area contributed by atoms with Crippen molar-refractivity contribution in [2.75, 3.05) is 29.6 Å². The van der Waals surface area contributed by atoms with Crippen LogP contribution in [-0.4, -0.2) is 24.1 Å². The van der Waals surface area contributed by atoms with Gasteiger partial charge in [-0.05, 0) is 68.3 Å². The Kier molecular flexibility index (Phi) is 5.07. The number of aryl methyl sites for hydroxylation is 3. The summed E-state index contributed by atoms with van der Waals surface area (Å²) in [5, 5.41) is 6.64. The van der Waals surface area contributed by atoms with Crippen LogP contribution in [-0.2, 0) is 0 Å². The molecule has 1 heterocycles. The molecule has 5 heteroatoms. The van der Waals surface area contributed by atoms with E-state index in [0.29, 0.717) is 5.95 Å². The number of aromatic nitrogens is 2. The molecule has 0 saturated carbocycles. The molecule has 0 aliphatic carbocycles. The van der Waals surface area contributed by atoms with Crippen LogP contribution < -0.4 is 15.5 Å². The molecule has 5 nitrogen and oxygen atoms in total. The SMILES string of the molecule is Cc1cc(Nc2ccc(N(C)C)cc2)nc(Nc2ccc(C)c(C)c2)n1. The lowest BCUT2D eigenvalue weighted by Crippen LogP contribution is -2.08. The molecule has 0 aliphatic rings. The molecule has 0 fully saturated rings. The molecular weight excluding hydrogens is 322 g/mol. The van der Waals surface area contributed by atoms with Gasteiger partial charge in [0.05, 0.1) is 0 Å². The number of benzene rings is 2. The minimum absolute atomic E-state index is 0.584. The number of nitrogens with one attached hydrogen (secondary N) is 2. The first-order chi connectivity index (χ1) is 12.4. The predicted molar refractivity (Wildman–Crippen MR) is 110 cm³/mol. The summed E-state index contributed by atoms with van der Waals surface area (Å²) in [6.45, 7) is 6.17. The van der Waals surface area contributed by atoms with Crippen LogP contribution >= 0.6 is 0 Å². The molecule has 2 N–H and O–H groups in total. The van der Waals surface area contributed by atoms with Crippen molar-refractivity contribution in [3.05, 3.63) is 65.4 Å². The van der Waals surface area contributed by atoms with Gasteiger partial charge < -0.3 is 15.5 Å². The molecule has 3 rings (SSSR count). The summed E-state index contributed by atoms with van der Waals surface area (Å²) >= 11 is 0. The normalized spacial score (nSPS) is 10.5. The van der Waals surface area contributed by atoms with Crippen molar-refractivity contribution in [3.63, 3.8) is 0 Å². The van der Waals surface area contributed by atoms with Crippen molar-refractivity contribution in [1.29, 1.82) is 0 Å². The first-order valence-electron chi connectivity index (χ1n) is 8.65. The van der Waals surface area contributed by atoms with Crippen LogP contribution in [0.4, 0.5) is 28.8 Å². The largest absolute Gasteiger partial charge is 0.378 e. The Morgan fingerprint density at radius 3 is 2.08 bits per heavy atom. The average molecular weight is 347 g/mol. The maximum absolute atomic E-state index is 4.59. The van der Waals surface area contributed by atoms with Crippen LogP contribution in [0.5, 0.6) is 0 Å². The third kappa shape index (κ3) is 4.30. The standard InChI is InChI=1S/C21H25N5/c1-14-6-7-18(12-15(14)2)24-21-22-16(3)13-20(25-21)23-17-8-10-19(11-9-17)26(4)5/h6-13H,1-5H3,(H2,22,23,24,25). The van der Waals surface area contributed by atoms with Gasteiger partial charge in [-0.2, -0.15) is 4.98 Å². The molecule has 0 atom stereocenters. The highest BCUT2D eigenvalue weighted by Crippen LogP contribution is 2.22. The maximum Gasteiger partial charge on any atom is 0.229 e. The Morgan fingerprint density at radius 1 is 0.731 bits per heavy atom. The smallest absolute Gasteiger partial charge is 0.229 e. The van der Waals surface area contributed by atoms with Gasteiger partial charge in [0.1, 0.15) is 5.82 Å². The van der Waals surface area contributed by atoms with Crippen molar-refractivity contribution in [1.82, 2.24) is 9.97 Å². The van der Waals surface area contributed by atoms with Gasteiger partial charge in [-0.3, -0.25) is 0 Å². The van der Waals surface area contributed by atoms with Gasteiger partial charge in [0.15, 0.2) is 0 Å². The number of nitrogens with zero attached hydrogens (tertiary/aromatic N) is 3. The molecule has 134 valence electrons. The van der Waals surface area contributed by atoms with Crippen molar-refractivity contribution < 1.29 is 0 Å². The number of hydrogen-bond donors (Lipinski definition) is 2.